The van der Waals surface area contributed by atoms with Crippen LogP contribution < -0.4 is 5.32 Å². The van der Waals surface area contributed by atoms with E-state index in [1.165, 1.54) is 23.5 Å². The van der Waals surface area contributed by atoms with Gasteiger partial charge in [0.1, 0.15) is 0 Å². The quantitative estimate of drug-likeness (QED) is 0.738. The normalized spacial score (nSPS) is 12.7. The van der Waals surface area contributed by atoms with Gasteiger partial charge in [0, 0.05) is 12.3 Å². The molecule has 1 amide bonds. The molecule has 0 fully saturated rings. The number of sulfone groups is 1. The van der Waals surface area contributed by atoms with Gasteiger partial charge in [0.25, 0.3) is 5.91 Å². The van der Waals surface area contributed by atoms with Crippen molar-refractivity contribution < 1.29 is 17.7 Å². The van der Waals surface area contributed by atoms with Gasteiger partial charge in [0.05, 0.1) is 15.8 Å². The second kappa shape index (κ2) is 6.81. The first-order chi connectivity index (χ1) is 11.8. The fourth-order valence-corrected chi connectivity index (χ4v) is 3.58. The van der Waals surface area contributed by atoms with Gasteiger partial charge in [-0.25, -0.2) is 8.42 Å². The first-order valence-corrected chi connectivity index (χ1v) is 10.2. The molecule has 0 radical (unpaired) electrons. The summed E-state index contributed by atoms with van der Waals surface area (Å²) in [6.45, 7) is 1.81. The van der Waals surface area contributed by atoms with E-state index in [-0.39, 0.29) is 22.5 Å². The van der Waals surface area contributed by atoms with Crippen LogP contribution in [0.15, 0.2) is 57.3 Å². The molecule has 0 bridgehead atoms. The lowest BCUT2D eigenvalue weighted by molar-refractivity contribution is 0.0931. The van der Waals surface area contributed by atoms with E-state index in [1.54, 1.807) is 18.2 Å². The molecular formula is C17H16N2O4S2. The third-order valence-electron chi connectivity index (χ3n) is 3.66. The largest absolute Gasteiger partial charge is 0.355 e. The number of amides is 1. The summed E-state index contributed by atoms with van der Waals surface area (Å²) < 4.78 is 28.2. The molecule has 8 heteroatoms. The van der Waals surface area contributed by atoms with Crippen LogP contribution in [0.1, 0.15) is 29.0 Å². The molecule has 130 valence electrons. The van der Waals surface area contributed by atoms with Crippen LogP contribution in [0.2, 0.25) is 0 Å². The predicted molar refractivity (Wildman–Crippen MR) is 95.2 cm³/mol. The van der Waals surface area contributed by atoms with Gasteiger partial charge in [0.2, 0.25) is 0 Å². The highest BCUT2D eigenvalue weighted by atomic mass is 32.2. The van der Waals surface area contributed by atoms with Crippen molar-refractivity contribution in [3.05, 3.63) is 59.1 Å². The number of carbonyl (C=O) groups excluding carboxylic acids is 1. The number of nitrogens with one attached hydrogen (secondary N) is 1. The number of benzene rings is 1. The number of aromatic nitrogens is 1. The number of hydrogen-bond acceptors (Lipinski definition) is 6. The summed E-state index contributed by atoms with van der Waals surface area (Å²) in [6, 6.07) is 11.5. The minimum atomic E-state index is -3.24. The molecule has 0 aliphatic rings. The van der Waals surface area contributed by atoms with E-state index in [0.29, 0.717) is 5.76 Å². The van der Waals surface area contributed by atoms with Crippen molar-refractivity contribution in [2.24, 2.45) is 0 Å². The Hall–Kier alpha value is -2.45. The van der Waals surface area contributed by atoms with Crippen molar-refractivity contribution in [2.75, 3.05) is 6.26 Å². The average molecular weight is 376 g/mol. The van der Waals surface area contributed by atoms with Crippen LogP contribution >= 0.6 is 11.3 Å². The Balaban J connectivity index is 1.70. The number of rotatable bonds is 5. The fraction of sp³-hybridized carbons (Fsp3) is 0.176. The Kier molecular flexibility index (Phi) is 4.73. The summed E-state index contributed by atoms with van der Waals surface area (Å²) in [5, 5.41) is 8.54. The van der Waals surface area contributed by atoms with Gasteiger partial charge in [-0.05, 0) is 36.1 Å². The SMILES string of the molecule is CC(NC(=O)c1cc(-c2cccs2)on1)c1ccc(S(C)(=O)=O)cc1. The number of carbonyl (C=O) groups is 1. The molecular weight excluding hydrogens is 360 g/mol. The molecule has 2 aromatic heterocycles. The molecule has 0 spiro atoms. The topological polar surface area (TPSA) is 89.3 Å². The second-order valence-corrected chi connectivity index (χ2v) is 8.55. The molecule has 25 heavy (non-hydrogen) atoms. The molecule has 3 aromatic rings. The van der Waals surface area contributed by atoms with E-state index in [2.05, 4.69) is 10.5 Å². The number of thiophene rings is 1. The van der Waals surface area contributed by atoms with Gasteiger partial charge in [-0.2, -0.15) is 0 Å². The van der Waals surface area contributed by atoms with Crippen molar-refractivity contribution in [1.29, 1.82) is 0 Å². The lowest BCUT2D eigenvalue weighted by atomic mass is 10.1. The van der Waals surface area contributed by atoms with E-state index in [9.17, 15) is 13.2 Å². The zero-order valence-electron chi connectivity index (χ0n) is 13.6. The first kappa shape index (κ1) is 17.4. The van der Waals surface area contributed by atoms with Gasteiger partial charge >= 0.3 is 0 Å². The number of hydrogen-bond donors (Lipinski definition) is 1. The maximum atomic E-state index is 12.3. The van der Waals surface area contributed by atoms with Gasteiger partial charge in [-0.1, -0.05) is 23.4 Å². The minimum absolute atomic E-state index is 0.197. The highest BCUT2D eigenvalue weighted by Crippen LogP contribution is 2.25. The van der Waals surface area contributed by atoms with Gasteiger partial charge in [-0.3, -0.25) is 4.79 Å². The maximum Gasteiger partial charge on any atom is 0.273 e. The molecule has 2 heterocycles. The standard InChI is InChI=1S/C17H16N2O4S2/c1-11(12-5-7-13(8-6-12)25(2,21)22)18-17(20)14-10-15(23-19-14)16-4-3-9-24-16/h3-11H,1-2H3,(H,18,20). The fourth-order valence-electron chi connectivity index (χ4n) is 2.27. The minimum Gasteiger partial charge on any atom is -0.355 e. The summed E-state index contributed by atoms with van der Waals surface area (Å²) in [7, 11) is -3.24. The first-order valence-electron chi connectivity index (χ1n) is 7.46. The molecule has 0 aliphatic carbocycles. The average Bonchev–Trinajstić information content (AvgIpc) is 3.25. The summed E-state index contributed by atoms with van der Waals surface area (Å²) in [5.41, 5.74) is 0.991. The van der Waals surface area contributed by atoms with Crippen LogP contribution in [-0.2, 0) is 9.84 Å². The van der Waals surface area contributed by atoms with E-state index in [0.717, 1.165) is 16.7 Å². The van der Waals surface area contributed by atoms with Crippen LogP contribution in [0.5, 0.6) is 0 Å². The maximum absolute atomic E-state index is 12.3. The Bertz CT molecular complexity index is 974. The predicted octanol–water partition coefficient (Wildman–Crippen LogP) is 3.30. The van der Waals surface area contributed by atoms with Gasteiger partial charge in [-0.15, -0.1) is 11.3 Å². The highest BCUT2D eigenvalue weighted by molar-refractivity contribution is 7.90. The second-order valence-electron chi connectivity index (χ2n) is 5.59. The summed E-state index contributed by atoms with van der Waals surface area (Å²) in [4.78, 5) is 13.5. The molecule has 6 nitrogen and oxygen atoms in total. The Morgan fingerprint density at radius 3 is 2.56 bits per heavy atom. The molecule has 0 saturated carbocycles. The van der Waals surface area contributed by atoms with Crippen LogP contribution in [-0.4, -0.2) is 25.7 Å². The van der Waals surface area contributed by atoms with Crippen molar-refractivity contribution in [3.8, 4) is 10.6 Å². The van der Waals surface area contributed by atoms with E-state index in [4.69, 9.17) is 4.52 Å². The Morgan fingerprint density at radius 2 is 1.96 bits per heavy atom. The Labute approximate surface area is 149 Å². The number of nitrogens with zero attached hydrogens (tertiary/aromatic N) is 1. The summed E-state index contributed by atoms with van der Waals surface area (Å²) in [6.07, 6.45) is 1.16. The van der Waals surface area contributed by atoms with Crippen LogP contribution in [0.4, 0.5) is 0 Å². The Morgan fingerprint density at radius 1 is 1.24 bits per heavy atom. The highest BCUT2D eigenvalue weighted by Gasteiger charge is 2.17. The van der Waals surface area contributed by atoms with Crippen molar-refractivity contribution in [1.82, 2.24) is 10.5 Å². The molecule has 1 atom stereocenters. The molecule has 3 rings (SSSR count). The molecule has 1 unspecified atom stereocenters. The third kappa shape index (κ3) is 3.97. The molecule has 0 saturated heterocycles. The lowest BCUT2D eigenvalue weighted by Crippen LogP contribution is -2.26. The molecule has 0 aliphatic heterocycles. The molecule has 1 aromatic carbocycles. The van der Waals surface area contributed by atoms with Crippen LogP contribution in [0, 0.1) is 0 Å². The van der Waals surface area contributed by atoms with Crippen LogP contribution in [0.3, 0.4) is 0 Å². The van der Waals surface area contributed by atoms with Gasteiger partial charge < -0.3 is 9.84 Å². The third-order valence-corrected chi connectivity index (χ3v) is 5.68. The lowest BCUT2D eigenvalue weighted by Gasteiger charge is -2.13. The van der Waals surface area contributed by atoms with Gasteiger partial charge in [0.15, 0.2) is 21.3 Å². The summed E-state index contributed by atoms with van der Waals surface area (Å²) in [5.74, 6) is 0.191. The summed E-state index contributed by atoms with van der Waals surface area (Å²) >= 11 is 1.50. The van der Waals surface area contributed by atoms with Crippen LogP contribution in [0.25, 0.3) is 10.6 Å². The van der Waals surface area contributed by atoms with Crippen molar-refractivity contribution >= 4 is 27.1 Å². The van der Waals surface area contributed by atoms with E-state index >= 15 is 0 Å². The molecule has 1 N–H and O–H groups in total. The van der Waals surface area contributed by atoms with E-state index < -0.39 is 9.84 Å². The smallest absolute Gasteiger partial charge is 0.273 e. The van der Waals surface area contributed by atoms with Crippen molar-refractivity contribution in [3.63, 3.8) is 0 Å². The monoisotopic (exact) mass is 376 g/mol. The van der Waals surface area contributed by atoms with Crippen molar-refractivity contribution in [2.45, 2.75) is 17.9 Å². The zero-order valence-corrected chi connectivity index (χ0v) is 15.2. The van der Waals surface area contributed by atoms with E-state index in [1.807, 2.05) is 24.4 Å². The zero-order chi connectivity index (χ0) is 18.0.